The van der Waals surface area contributed by atoms with Crippen molar-refractivity contribution in [2.24, 2.45) is 0 Å². The Balaban J connectivity index is 1.72. The Morgan fingerprint density at radius 2 is 1.54 bits per heavy atom. The molecule has 0 saturated carbocycles. The van der Waals surface area contributed by atoms with E-state index in [9.17, 15) is 22.8 Å². The highest BCUT2D eigenvalue weighted by Crippen LogP contribution is 2.30. The lowest BCUT2D eigenvalue weighted by atomic mass is 10.0. The van der Waals surface area contributed by atoms with Crippen molar-refractivity contribution in [1.29, 1.82) is 0 Å². The third-order valence-corrected chi connectivity index (χ3v) is 8.54. The van der Waals surface area contributed by atoms with Crippen LogP contribution in [0.2, 0.25) is 0 Å². The second-order valence-electron chi connectivity index (χ2n) is 10.4. The number of rotatable bonds is 8. The molecule has 0 bridgehead atoms. The maximum Gasteiger partial charge on any atom is 0.269 e. The van der Waals surface area contributed by atoms with E-state index in [2.05, 4.69) is 21.2 Å². The highest BCUT2D eigenvalue weighted by molar-refractivity contribution is 9.10. The summed E-state index contributed by atoms with van der Waals surface area (Å²) in [7, 11) is -4.21. The number of hydrogen-bond donors (Lipinski definition) is 1. The molecule has 1 atom stereocenters. The van der Waals surface area contributed by atoms with Crippen LogP contribution in [0.15, 0.2) is 88.2 Å². The summed E-state index contributed by atoms with van der Waals surface area (Å²) < 4.78 is 27.8. The fourth-order valence-corrected chi connectivity index (χ4v) is 6.18. The predicted molar refractivity (Wildman–Crippen MR) is 151 cm³/mol. The lowest BCUT2D eigenvalue weighted by Crippen LogP contribution is -2.56. The van der Waals surface area contributed by atoms with E-state index in [1.54, 1.807) is 6.07 Å². The van der Waals surface area contributed by atoms with Crippen LogP contribution in [0.4, 0.5) is 0 Å². The molecule has 3 amide bonds. The van der Waals surface area contributed by atoms with Gasteiger partial charge in [0.05, 0.1) is 5.56 Å². The molecule has 4 rings (SSSR count). The van der Waals surface area contributed by atoms with Gasteiger partial charge >= 0.3 is 0 Å². The van der Waals surface area contributed by atoms with Gasteiger partial charge in [0.2, 0.25) is 11.8 Å². The molecular formula is C29H30BrN3O5S. The van der Waals surface area contributed by atoms with Crippen molar-refractivity contribution in [3.05, 3.63) is 100 Å². The summed E-state index contributed by atoms with van der Waals surface area (Å²) in [6.45, 7) is 4.85. The second-order valence-corrected chi connectivity index (χ2v) is 13.2. The number of amides is 3. The molecule has 1 N–H and O–H groups in total. The van der Waals surface area contributed by atoms with Crippen LogP contribution in [0, 0.1) is 0 Å². The minimum atomic E-state index is -4.21. The first-order valence-corrected chi connectivity index (χ1v) is 14.7. The zero-order valence-corrected chi connectivity index (χ0v) is 24.3. The molecule has 8 nitrogen and oxygen atoms in total. The van der Waals surface area contributed by atoms with Crippen molar-refractivity contribution in [3.8, 4) is 0 Å². The Hall–Kier alpha value is -3.50. The second kappa shape index (κ2) is 11.3. The smallest absolute Gasteiger partial charge is 0.269 e. The van der Waals surface area contributed by atoms with E-state index in [-0.39, 0.29) is 29.3 Å². The minimum Gasteiger partial charge on any atom is -0.350 e. The van der Waals surface area contributed by atoms with Gasteiger partial charge in [-0.25, -0.2) is 12.7 Å². The van der Waals surface area contributed by atoms with Crippen LogP contribution in [0.25, 0.3) is 0 Å². The molecule has 0 radical (unpaired) electrons. The van der Waals surface area contributed by atoms with Crippen molar-refractivity contribution in [1.82, 2.24) is 14.5 Å². The molecule has 0 spiro atoms. The van der Waals surface area contributed by atoms with Crippen molar-refractivity contribution < 1.29 is 22.8 Å². The van der Waals surface area contributed by atoms with Gasteiger partial charge in [-0.3, -0.25) is 14.4 Å². The lowest BCUT2D eigenvalue weighted by molar-refractivity contribution is -0.141. The minimum absolute atomic E-state index is 0.0241. The predicted octanol–water partition coefficient (Wildman–Crippen LogP) is 4.15. The number of carbonyl (C=O) groups is 3. The molecule has 0 aliphatic carbocycles. The van der Waals surface area contributed by atoms with E-state index in [0.717, 1.165) is 15.6 Å². The van der Waals surface area contributed by atoms with E-state index in [0.29, 0.717) is 4.31 Å². The van der Waals surface area contributed by atoms with E-state index in [4.69, 9.17) is 0 Å². The van der Waals surface area contributed by atoms with E-state index in [1.165, 1.54) is 23.1 Å². The maximum atomic E-state index is 13.9. The number of hydrogen-bond acceptors (Lipinski definition) is 5. The number of benzene rings is 3. The van der Waals surface area contributed by atoms with Crippen molar-refractivity contribution >= 4 is 43.7 Å². The molecule has 3 aromatic rings. The Morgan fingerprint density at radius 3 is 2.15 bits per heavy atom. The standard InChI is InChI=1S/C29H30BrN3O5S/c1-29(2,3)31-27(35)24(17-20-9-5-4-6-10-20)32(18-21-13-15-22(30)16-14-21)26(34)19-33-28(36)23-11-7-8-12-25(23)39(33,37)38/h4-16,24H,17-19H2,1-3H3,(H,31,35)/t24-/m1/s1. The van der Waals surface area contributed by atoms with Crippen molar-refractivity contribution in [3.63, 3.8) is 0 Å². The summed E-state index contributed by atoms with van der Waals surface area (Å²) in [6, 6.07) is 21.5. The molecule has 1 aliphatic heterocycles. The summed E-state index contributed by atoms with van der Waals surface area (Å²) in [4.78, 5) is 41.9. The quantitative estimate of drug-likeness (QED) is 0.412. The van der Waals surface area contributed by atoms with Crippen LogP contribution in [-0.4, -0.2) is 53.5 Å². The molecule has 204 valence electrons. The summed E-state index contributed by atoms with van der Waals surface area (Å²) in [5.41, 5.74) is 1.02. The molecule has 39 heavy (non-hydrogen) atoms. The third kappa shape index (κ3) is 6.57. The fourth-order valence-electron chi connectivity index (χ4n) is 4.39. The van der Waals surface area contributed by atoms with E-state index >= 15 is 0 Å². The Morgan fingerprint density at radius 1 is 0.923 bits per heavy atom. The van der Waals surface area contributed by atoms with Crippen LogP contribution < -0.4 is 5.32 Å². The molecule has 0 saturated heterocycles. The van der Waals surface area contributed by atoms with Crippen LogP contribution >= 0.6 is 15.9 Å². The first-order chi connectivity index (χ1) is 18.4. The van der Waals surface area contributed by atoms with Crippen molar-refractivity contribution in [2.75, 3.05) is 6.54 Å². The molecule has 0 aromatic heterocycles. The number of nitrogens with zero attached hydrogens (tertiary/aromatic N) is 2. The lowest BCUT2D eigenvalue weighted by Gasteiger charge is -2.34. The van der Waals surface area contributed by atoms with E-state index in [1.807, 2.05) is 75.4 Å². The maximum absolute atomic E-state index is 13.9. The monoisotopic (exact) mass is 611 g/mol. The Labute approximate surface area is 237 Å². The summed E-state index contributed by atoms with van der Waals surface area (Å²) in [5.74, 6) is -1.80. The van der Waals surface area contributed by atoms with Gasteiger partial charge in [0.1, 0.15) is 17.5 Å². The summed E-state index contributed by atoms with van der Waals surface area (Å²) in [5, 5.41) is 2.96. The molecule has 1 heterocycles. The fraction of sp³-hybridized carbons (Fsp3) is 0.276. The van der Waals surface area contributed by atoms with Crippen LogP contribution in [0.3, 0.4) is 0 Å². The highest BCUT2D eigenvalue weighted by Gasteiger charge is 2.43. The number of nitrogens with one attached hydrogen (secondary N) is 1. The van der Waals surface area contributed by atoms with Gasteiger partial charge in [0, 0.05) is 23.0 Å². The van der Waals surface area contributed by atoms with Gasteiger partial charge < -0.3 is 10.2 Å². The highest BCUT2D eigenvalue weighted by atomic mass is 79.9. The number of sulfonamides is 1. The Bertz CT molecular complexity index is 1490. The molecule has 0 fully saturated rings. The van der Waals surface area contributed by atoms with Gasteiger partial charge in [-0.15, -0.1) is 0 Å². The van der Waals surface area contributed by atoms with Crippen LogP contribution in [0.1, 0.15) is 42.3 Å². The van der Waals surface area contributed by atoms with Crippen LogP contribution in [-0.2, 0) is 32.6 Å². The Kier molecular flexibility index (Phi) is 8.27. The number of halogens is 1. The third-order valence-electron chi connectivity index (χ3n) is 6.23. The van der Waals surface area contributed by atoms with Gasteiger partial charge in [-0.1, -0.05) is 70.5 Å². The first kappa shape index (κ1) is 28.5. The normalized spacial score (nSPS) is 15.0. The largest absolute Gasteiger partial charge is 0.350 e. The SMILES string of the molecule is CC(C)(C)NC(=O)[C@@H](Cc1ccccc1)N(Cc1ccc(Br)cc1)C(=O)CN1C(=O)c2ccccc2S1(=O)=O. The zero-order valence-electron chi connectivity index (χ0n) is 21.9. The first-order valence-electron chi connectivity index (χ1n) is 12.4. The molecular weight excluding hydrogens is 582 g/mol. The average molecular weight is 613 g/mol. The molecule has 10 heteroatoms. The molecule has 1 aliphatic rings. The number of fused-ring (bicyclic) bond motifs is 1. The van der Waals surface area contributed by atoms with Gasteiger partial charge in [-0.2, -0.15) is 0 Å². The average Bonchev–Trinajstić information content (AvgIpc) is 3.07. The summed E-state index contributed by atoms with van der Waals surface area (Å²) >= 11 is 3.41. The summed E-state index contributed by atoms with van der Waals surface area (Å²) in [6.07, 6.45) is 0.200. The molecule has 0 unspecified atom stereocenters. The van der Waals surface area contributed by atoms with Gasteiger partial charge in [0.25, 0.3) is 15.9 Å². The zero-order chi connectivity index (χ0) is 28.4. The topological polar surface area (TPSA) is 104 Å². The van der Waals surface area contributed by atoms with Crippen LogP contribution in [0.5, 0.6) is 0 Å². The van der Waals surface area contributed by atoms with Gasteiger partial charge in [0.15, 0.2) is 0 Å². The van der Waals surface area contributed by atoms with E-state index < -0.39 is 40.0 Å². The van der Waals surface area contributed by atoms with Gasteiger partial charge in [-0.05, 0) is 56.2 Å². The molecule has 3 aromatic carbocycles. The van der Waals surface area contributed by atoms with Crippen molar-refractivity contribution in [2.45, 2.75) is 50.2 Å². The number of carbonyl (C=O) groups excluding carboxylic acids is 3.